The van der Waals surface area contributed by atoms with Gasteiger partial charge in [0.2, 0.25) is 0 Å². The molecule has 1 atom stereocenters. The van der Waals surface area contributed by atoms with Crippen LogP contribution in [0.4, 0.5) is 0 Å². The van der Waals surface area contributed by atoms with Crippen LogP contribution < -0.4 is 10.9 Å². The zero-order valence-electron chi connectivity index (χ0n) is 15.4. The van der Waals surface area contributed by atoms with E-state index in [1.165, 1.54) is 19.1 Å². The van der Waals surface area contributed by atoms with Crippen molar-refractivity contribution in [2.45, 2.75) is 13.0 Å². The Morgan fingerprint density at radius 3 is 2.03 bits per heavy atom. The fourth-order valence-electron chi connectivity index (χ4n) is 2.75. The highest BCUT2D eigenvalue weighted by Crippen LogP contribution is 2.24. The van der Waals surface area contributed by atoms with E-state index >= 15 is 0 Å². The summed E-state index contributed by atoms with van der Waals surface area (Å²) in [5, 5.41) is 0. The van der Waals surface area contributed by atoms with Gasteiger partial charge in [0.05, 0.1) is 11.1 Å². The van der Waals surface area contributed by atoms with Crippen molar-refractivity contribution in [1.82, 2.24) is 15.8 Å². The molecule has 2 aromatic carbocycles. The van der Waals surface area contributed by atoms with Gasteiger partial charge in [-0.2, -0.15) is 0 Å². The first-order valence-corrected chi connectivity index (χ1v) is 8.68. The molecule has 0 bridgehead atoms. The van der Waals surface area contributed by atoms with Gasteiger partial charge in [0, 0.05) is 5.56 Å². The summed E-state index contributed by atoms with van der Waals surface area (Å²) >= 11 is 0. The number of hydrogen-bond donors (Lipinski definition) is 2. The van der Waals surface area contributed by atoms with Crippen molar-refractivity contribution in [2.24, 2.45) is 0 Å². The maximum Gasteiger partial charge on any atom is 0.329 e. The molecule has 0 saturated heterocycles. The maximum atomic E-state index is 12.4. The molecule has 1 heterocycles. The zero-order chi connectivity index (χ0) is 21.0. The van der Waals surface area contributed by atoms with Crippen LogP contribution in [0.2, 0.25) is 0 Å². The molecule has 0 aliphatic carbocycles. The van der Waals surface area contributed by atoms with Gasteiger partial charge in [0.25, 0.3) is 23.6 Å². The second kappa shape index (κ2) is 8.34. The van der Waals surface area contributed by atoms with Crippen LogP contribution in [-0.2, 0) is 14.3 Å². The van der Waals surface area contributed by atoms with E-state index in [1.807, 2.05) is 0 Å². The monoisotopic (exact) mass is 395 g/mol. The number of imide groups is 1. The van der Waals surface area contributed by atoms with Gasteiger partial charge in [-0.1, -0.05) is 30.3 Å². The number of nitrogens with zero attached hydrogens (tertiary/aromatic N) is 1. The van der Waals surface area contributed by atoms with Gasteiger partial charge >= 0.3 is 5.97 Å². The molecule has 9 nitrogen and oxygen atoms in total. The van der Waals surface area contributed by atoms with E-state index in [2.05, 4.69) is 10.9 Å². The molecular formula is C20H17N3O6. The number of ether oxygens (including phenoxy) is 1. The Labute approximate surface area is 165 Å². The molecule has 1 aliphatic rings. The first-order chi connectivity index (χ1) is 13.9. The summed E-state index contributed by atoms with van der Waals surface area (Å²) in [6.07, 6.45) is 0. The van der Waals surface area contributed by atoms with E-state index in [4.69, 9.17) is 4.74 Å². The van der Waals surface area contributed by atoms with Gasteiger partial charge in [-0.15, -0.1) is 0 Å². The van der Waals surface area contributed by atoms with Crippen molar-refractivity contribution in [3.63, 3.8) is 0 Å². The molecule has 3 rings (SSSR count). The lowest BCUT2D eigenvalue weighted by molar-refractivity contribution is -0.152. The van der Waals surface area contributed by atoms with Gasteiger partial charge in [-0.3, -0.25) is 34.9 Å². The predicted octanol–water partition coefficient (Wildman–Crippen LogP) is 0.675. The molecule has 0 saturated carbocycles. The normalized spacial score (nSPS) is 13.5. The number of nitrogens with one attached hydrogen (secondary N) is 2. The van der Waals surface area contributed by atoms with Crippen molar-refractivity contribution in [1.29, 1.82) is 0 Å². The third-order valence-corrected chi connectivity index (χ3v) is 4.25. The number of amides is 4. The fourth-order valence-corrected chi connectivity index (χ4v) is 2.75. The molecule has 9 heteroatoms. The molecule has 2 N–H and O–H groups in total. The van der Waals surface area contributed by atoms with Crippen molar-refractivity contribution in [3.8, 4) is 0 Å². The molecule has 0 aromatic heterocycles. The van der Waals surface area contributed by atoms with Gasteiger partial charge in [0.15, 0.2) is 6.61 Å². The second-order valence-electron chi connectivity index (χ2n) is 6.18. The van der Waals surface area contributed by atoms with Crippen LogP contribution in [0, 0.1) is 0 Å². The number of rotatable bonds is 5. The first kappa shape index (κ1) is 19.7. The van der Waals surface area contributed by atoms with Gasteiger partial charge in [-0.25, -0.2) is 4.79 Å². The van der Waals surface area contributed by atoms with Crippen LogP contribution in [0.3, 0.4) is 0 Å². The number of fused-ring (bicyclic) bond motifs is 1. The first-order valence-electron chi connectivity index (χ1n) is 8.68. The van der Waals surface area contributed by atoms with E-state index in [1.54, 1.807) is 42.5 Å². The summed E-state index contributed by atoms with van der Waals surface area (Å²) in [6, 6.07) is 13.2. The lowest BCUT2D eigenvalue weighted by Gasteiger charge is -2.20. The average molecular weight is 395 g/mol. The van der Waals surface area contributed by atoms with Crippen LogP contribution >= 0.6 is 0 Å². The van der Waals surface area contributed by atoms with E-state index in [-0.39, 0.29) is 11.1 Å². The van der Waals surface area contributed by atoms with E-state index in [0.717, 1.165) is 4.90 Å². The Morgan fingerprint density at radius 2 is 1.45 bits per heavy atom. The van der Waals surface area contributed by atoms with Gasteiger partial charge in [0.1, 0.15) is 6.04 Å². The Balaban J connectivity index is 1.50. The summed E-state index contributed by atoms with van der Waals surface area (Å²) in [5.74, 6) is -3.45. The van der Waals surface area contributed by atoms with Crippen molar-refractivity contribution < 1.29 is 28.7 Å². The minimum absolute atomic E-state index is 0.207. The summed E-state index contributed by atoms with van der Waals surface area (Å²) in [7, 11) is 0. The van der Waals surface area contributed by atoms with Crippen molar-refractivity contribution in [2.75, 3.05) is 6.61 Å². The molecule has 0 fully saturated rings. The maximum absolute atomic E-state index is 12.4. The minimum Gasteiger partial charge on any atom is -0.454 e. The van der Waals surface area contributed by atoms with Crippen molar-refractivity contribution in [3.05, 3.63) is 71.3 Å². The highest BCUT2D eigenvalue weighted by atomic mass is 16.5. The topological polar surface area (TPSA) is 122 Å². The molecule has 0 unspecified atom stereocenters. The SMILES string of the molecule is C[C@H](C(=O)OCC(=O)NNC(=O)c1ccccc1)N1C(=O)c2ccccc2C1=O. The Morgan fingerprint density at radius 1 is 0.897 bits per heavy atom. The summed E-state index contributed by atoms with van der Waals surface area (Å²) < 4.78 is 4.86. The van der Waals surface area contributed by atoms with Crippen LogP contribution in [0.1, 0.15) is 38.0 Å². The molecule has 29 heavy (non-hydrogen) atoms. The van der Waals surface area contributed by atoms with E-state index < -0.39 is 42.2 Å². The van der Waals surface area contributed by atoms with Crippen molar-refractivity contribution >= 4 is 29.6 Å². The molecule has 4 amide bonds. The number of carbonyl (C=O) groups excluding carboxylic acids is 5. The minimum atomic E-state index is -1.21. The molecule has 148 valence electrons. The lowest BCUT2D eigenvalue weighted by Crippen LogP contribution is -2.46. The Hall–Kier alpha value is -4.01. The number of esters is 1. The molecular weight excluding hydrogens is 378 g/mol. The number of hydrazine groups is 1. The summed E-state index contributed by atoms with van der Waals surface area (Å²) in [5.41, 5.74) is 5.05. The fraction of sp³-hybridized carbons (Fsp3) is 0.150. The summed E-state index contributed by atoms with van der Waals surface area (Å²) in [6.45, 7) is 0.639. The molecule has 1 aliphatic heterocycles. The third-order valence-electron chi connectivity index (χ3n) is 4.25. The van der Waals surface area contributed by atoms with Crippen LogP contribution in [0.15, 0.2) is 54.6 Å². The van der Waals surface area contributed by atoms with Crippen LogP contribution in [-0.4, -0.2) is 47.1 Å². The third kappa shape index (κ3) is 4.13. The summed E-state index contributed by atoms with van der Waals surface area (Å²) in [4.78, 5) is 61.4. The largest absolute Gasteiger partial charge is 0.454 e. The Kier molecular flexibility index (Phi) is 5.68. The van der Waals surface area contributed by atoms with Gasteiger partial charge in [-0.05, 0) is 31.2 Å². The second-order valence-corrected chi connectivity index (χ2v) is 6.18. The standard InChI is InChI=1S/C20H17N3O6/c1-12(23-18(26)14-9-5-6-10-15(14)19(23)27)20(28)29-11-16(24)21-22-17(25)13-7-3-2-4-8-13/h2-10,12H,11H2,1H3,(H,21,24)(H,22,25)/t12-/m1/s1. The smallest absolute Gasteiger partial charge is 0.329 e. The lowest BCUT2D eigenvalue weighted by atomic mass is 10.1. The van der Waals surface area contributed by atoms with E-state index in [9.17, 15) is 24.0 Å². The van der Waals surface area contributed by atoms with E-state index in [0.29, 0.717) is 5.56 Å². The average Bonchev–Trinajstić information content (AvgIpc) is 3.00. The molecule has 0 radical (unpaired) electrons. The Bertz CT molecular complexity index is 954. The van der Waals surface area contributed by atoms with Crippen LogP contribution in [0.5, 0.6) is 0 Å². The predicted molar refractivity (Wildman–Crippen MR) is 99.4 cm³/mol. The van der Waals surface area contributed by atoms with Gasteiger partial charge < -0.3 is 4.74 Å². The number of hydrogen-bond acceptors (Lipinski definition) is 6. The highest BCUT2D eigenvalue weighted by molar-refractivity contribution is 6.22. The molecule has 2 aromatic rings. The zero-order valence-corrected chi connectivity index (χ0v) is 15.4. The molecule has 0 spiro atoms. The number of carbonyl (C=O) groups is 5. The number of benzene rings is 2. The highest BCUT2D eigenvalue weighted by Gasteiger charge is 2.41. The quantitative estimate of drug-likeness (QED) is 0.436. The van der Waals surface area contributed by atoms with Crippen LogP contribution in [0.25, 0.3) is 0 Å².